The third kappa shape index (κ3) is 3.26. The Morgan fingerprint density at radius 1 is 1.24 bits per heavy atom. The number of hydrogen-bond acceptors (Lipinski definition) is 4. The molecule has 148 valence electrons. The van der Waals surface area contributed by atoms with Crippen molar-refractivity contribution < 1.29 is 23.1 Å². The molecule has 0 saturated heterocycles. The lowest BCUT2D eigenvalue weighted by Gasteiger charge is -2.23. The Labute approximate surface area is 165 Å². The van der Waals surface area contributed by atoms with Gasteiger partial charge in [-0.05, 0) is 31.2 Å². The van der Waals surface area contributed by atoms with Gasteiger partial charge in [0.05, 0.1) is 18.7 Å². The molecule has 1 unspecified atom stereocenters. The fourth-order valence-corrected chi connectivity index (χ4v) is 3.58. The minimum atomic E-state index is -0.828. The number of amides is 1. The standard InChI is InChI=1S/C21H17F2N3O3/c1-11-19-15(20(28)12-4-3-5-14(8-12)29-2)10-18(27)24-21(19)26(25-11)17-7-6-13(22)9-16(17)23/h3-9,15H,10H2,1-2H3,(H,24,27). The van der Waals surface area contributed by atoms with Crippen LogP contribution in [0.25, 0.3) is 5.69 Å². The first-order chi connectivity index (χ1) is 13.9. The van der Waals surface area contributed by atoms with Crippen molar-refractivity contribution in [1.29, 1.82) is 0 Å². The molecule has 8 heteroatoms. The minimum absolute atomic E-state index is 0.0227. The van der Waals surface area contributed by atoms with Crippen LogP contribution in [0.2, 0.25) is 0 Å². The van der Waals surface area contributed by atoms with Gasteiger partial charge < -0.3 is 10.1 Å². The summed E-state index contributed by atoms with van der Waals surface area (Å²) in [6, 6.07) is 9.74. The molecule has 0 spiro atoms. The summed E-state index contributed by atoms with van der Waals surface area (Å²) in [6.07, 6.45) is -0.0541. The van der Waals surface area contributed by atoms with E-state index in [9.17, 15) is 18.4 Å². The molecule has 1 N–H and O–H groups in total. The van der Waals surface area contributed by atoms with Crippen LogP contribution in [0.4, 0.5) is 14.6 Å². The molecule has 4 rings (SSSR count). The molecule has 0 saturated carbocycles. The Morgan fingerprint density at radius 2 is 2.03 bits per heavy atom. The maximum absolute atomic E-state index is 14.3. The monoisotopic (exact) mass is 397 g/mol. The van der Waals surface area contributed by atoms with Gasteiger partial charge in [0.2, 0.25) is 5.91 Å². The Balaban J connectivity index is 1.82. The van der Waals surface area contributed by atoms with Crippen LogP contribution in [0.3, 0.4) is 0 Å². The number of rotatable bonds is 4. The molecule has 29 heavy (non-hydrogen) atoms. The summed E-state index contributed by atoms with van der Waals surface area (Å²) in [5, 5.41) is 6.98. The Bertz CT molecular complexity index is 1140. The van der Waals surface area contributed by atoms with Gasteiger partial charge in [-0.25, -0.2) is 13.5 Å². The maximum Gasteiger partial charge on any atom is 0.226 e. The molecule has 1 aliphatic rings. The number of hydrogen-bond donors (Lipinski definition) is 1. The number of nitrogens with zero attached hydrogens (tertiary/aromatic N) is 2. The number of carbonyl (C=O) groups is 2. The number of aromatic nitrogens is 2. The van der Waals surface area contributed by atoms with E-state index in [4.69, 9.17) is 4.74 Å². The zero-order valence-electron chi connectivity index (χ0n) is 15.7. The van der Waals surface area contributed by atoms with Crippen molar-refractivity contribution in [3.63, 3.8) is 0 Å². The van der Waals surface area contributed by atoms with Crippen molar-refractivity contribution in [3.05, 3.63) is 70.9 Å². The summed E-state index contributed by atoms with van der Waals surface area (Å²) in [4.78, 5) is 25.5. The van der Waals surface area contributed by atoms with E-state index in [0.717, 1.165) is 12.1 Å². The van der Waals surface area contributed by atoms with E-state index in [0.29, 0.717) is 22.6 Å². The first-order valence-corrected chi connectivity index (χ1v) is 8.92. The van der Waals surface area contributed by atoms with Crippen LogP contribution in [0.15, 0.2) is 42.5 Å². The normalized spacial score (nSPS) is 15.6. The summed E-state index contributed by atoms with van der Waals surface area (Å²) in [5.74, 6) is -2.24. The molecule has 6 nitrogen and oxygen atoms in total. The van der Waals surface area contributed by atoms with Crippen LogP contribution in [0.1, 0.15) is 34.0 Å². The first kappa shape index (κ1) is 18.8. The number of fused-ring (bicyclic) bond motifs is 1. The number of anilines is 1. The van der Waals surface area contributed by atoms with E-state index < -0.39 is 17.6 Å². The zero-order valence-corrected chi connectivity index (χ0v) is 15.7. The lowest BCUT2D eigenvalue weighted by Crippen LogP contribution is -2.28. The van der Waals surface area contributed by atoms with Gasteiger partial charge in [-0.3, -0.25) is 9.59 Å². The lowest BCUT2D eigenvalue weighted by atomic mass is 9.85. The number of nitrogens with one attached hydrogen (secondary N) is 1. The third-order valence-corrected chi connectivity index (χ3v) is 4.91. The second-order valence-electron chi connectivity index (χ2n) is 6.76. The van der Waals surface area contributed by atoms with E-state index in [1.54, 1.807) is 31.2 Å². The molecule has 2 aromatic carbocycles. The summed E-state index contributed by atoms with van der Waals surface area (Å²) in [7, 11) is 1.50. The molecule has 2 heterocycles. The number of aryl methyl sites for hydroxylation is 1. The quantitative estimate of drug-likeness (QED) is 0.680. The summed E-state index contributed by atoms with van der Waals surface area (Å²) < 4.78 is 34.0. The fraction of sp³-hybridized carbons (Fsp3) is 0.190. The minimum Gasteiger partial charge on any atom is -0.497 e. The van der Waals surface area contributed by atoms with Crippen LogP contribution >= 0.6 is 0 Å². The van der Waals surface area contributed by atoms with E-state index >= 15 is 0 Å². The van der Waals surface area contributed by atoms with Gasteiger partial charge in [-0.2, -0.15) is 5.10 Å². The highest BCUT2D eigenvalue weighted by atomic mass is 19.1. The Kier molecular flexibility index (Phi) is 4.62. The van der Waals surface area contributed by atoms with Crippen molar-refractivity contribution in [2.45, 2.75) is 19.3 Å². The van der Waals surface area contributed by atoms with E-state index in [-0.39, 0.29) is 29.6 Å². The van der Waals surface area contributed by atoms with Gasteiger partial charge >= 0.3 is 0 Å². The second kappa shape index (κ2) is 7.12. The summed E-state index contributed by atoms with van der Waals surface area (Å²) in [5.41, 5.74) is 1.37. The molecule has 3 aromatic rings. The number of Topliss-reactive ketones (excluding diaryl/α,β-unsaturated/α-hetero) is 1. The van der Waals surface area contributed by atoms with Crippen molar-refractivity contribution >= 4 is 17.5 Å². The molecule has 0 fully saturated rings. The SMILES string of the molecule is COc1cccc(C(=O)C2CC(=O)Nc3c2c(C)nn3-c2ccc(F)cc2F)c1. The molecule has 1 aromatic heterocycles. The van der Waals surface area contributed by atoms with Crippen molar-refractivity contribution in [1.82, 2.24) is 9.78 Å². The molecule has 0 bridgehead atoms. The van der Waals surface area contributed by atoms with Crippen LogP contribution in [0, 0.1) is 18.6 Å². The number of halogens is 2. The maximum atomic E-state index is 14.3. The van der Waals surface area contributed by atoms with Crippen LogP contribution in [-0.2, 0) is 4.79 Å². The van der Waals surface area contributed by atoms with Crippen LogP contribution in [0.5, 0.6) is 5.75 Å². The van der Waals surface area contributed by atoms with Gasteiger partial charge in [0.1, 0.15) is 23.1 Å². The van der Waals surface area contributed by atoms with Gasteiger partial charge in [0.25, 0.3) is 0 Å². The summed E-state index contributed by atoms with van der Waals surface area (Å²) in [6.45, 7) is 1.68. The first-order valence-electron chi connectivity index (χ1n) is 8.92. The van der Waals surface area contributed by atoms with Crippen LogP contribution in [-0.4, -0.2) is 28.6 Å². The van der Waals surface area contributed by atoms with Gasteiger partial charge in [-0.15, -0.1) is 0 Å². The lowest BCUT2D eigenvalue weighted by molar-refractivity contribution is -0.116. The predicted molar refractivity (Wildman–Crippen MR) is 102 cm³/mol. The number of ether oxygens (including phenoxy) is 1. The number of methoxy groups -OCH3 is 1. The summed E-state index contributed by atoms with van der Waals surface area (Å²) >= 11 is 0. The van der Waals surface area contributed by atoms with Crippen molar-refractivity contribution in [3.8, 4) is 11.4 Å². The zero-order chi connectivity index (χ0) is 20.7. The fourth-order valence-electron chi connectivity index (χ4n) is 3.58. The molecule has 1 aliphatic heterocycles. The smallest absolute Gasteiger partial charge is 0.226 e. The molecule has 1 atom stereocenters. The highest BCUT2D eigenvalue weighted by Crippen LogP contribution is 2.38. The number of ketones is 1. The van der Waals surface area contributed by atoms with E-state index in [1.165, 1.54) is 17.9 Å². The Hall–Kier alpha value is -3.55. The average Bonchev–Trinajstić information content (AvgIpc) is 3.03. The van der Waals surface area contributed by atoms with Gasteiger partial charge in [-0.1, -0.05) is 12.1 Å². The number of carbonyl (C=O) groups excluding carboxylic acids is 2. The van der Waals surface area contributed by atoms with Gasteiger partial charge in [0.15, 0.2) is 11.6 Å². The van der Waals surface area contributed by atoms with Crippen molar-refractivity contribution in [2.24, 2.45) is 0 Å². The topological polar surface area (TPSA) is 73.2 Å². The Morgan fingerprint density at radius 3 is 2.76 bits per heavy atom. The molecular formula is C21H17F2N3O3. The second-order valence-corrected chi connectivity index (χ2v) is 6.76. The molecule has 1 amide bonds. The van der Waals surface area contributed by atoms with E-state index in [2.05, 4.69) is 10.4 Å². The third-order valence-electron chi connectivity index (χ3n) is 4.91. The molecule has 0 radical (unpaired) electrons. The largest absolute Gasteiger partial charge is 0.497 e. The van der Waals surface area contributed by atoms with Gasteiger partial charge in [0, 0.05) is 23.6 Å². The average molecular weight is 397 g/mol. The van der Waals surface area contributed by atoms with E-state index in [1.807, 2.05) is 0 Å². The highest BCUT2D eigenvalue weighted by Gasteiger charge is 2.36. The van der Waals surface area contributed by atoms with Crippen molar-refractivity contribution in [2.75, 3.05) is 12.4 Å². The predicted octanol–water partition coefficient (Wildman–Crippen LogP) is 3.78. The molecule has 0 aliphatic carbocycles. The highest BCUT2D eigenvalue weighted by molar-refractivity contribution is 6.08. The molecular weight excluding hydrogens is 380 g/mol. The number of benzene rings is 2. The van der Waals surface area contributed by atoms with Crippen LogP contribution < -0.4 is 10.1 Å².